The van der Waals surface area contributed by atoms with Crippen molar-refractivity contribution in [2.24, 2.45) is 0 Å². The lowest BCUT2D eigenvalue weighted by atomic mass is 10.2. The Hall–Kier alpha value is -1.11. The highest BCUT2D eigenvalue weighted by atomic mass is 32.2. The summed E-state index contributed by atoms with van der Waals surface area (Å²) in [5.41, 5.74) is 6.88. The predicted octanol–water partition coefficient (Wildman–Crippen LogP) is 1.34. The molecule has 0 radical (unpaired) electrons. The summed E-state index contributed by atoms with van der Waals surface area (Å²) in [6.45, 7) is 6.32. The molecule has 5 nitrogen and oxygen atoms in total. The van der Waals surface area contributed by atoms with Crippen LogP contribution in [0.4, 0.5) is 5.69 Å². The number of hydrogen-bond acceptors (Lipinski definition) is 4. The van der Waals surface area contributed by atoms with E-state index in [1.54, 1.807) is 25.1 Å². The minimum Gasteiger partial charge on any atom is -0.398 e. The van der Waals surface area contributed by atoms with Crippen LogP contribution in [0.5, 0.6) is 0 Å². The Labute approximate surface area is 121 Å². The molecule has 1 fully saturated rings. The van der Waals surface area contributed by atoms with Crippen LogP contribution in [0.25, 0.3) is 0 Å². The normalized spacial score (nSPS) is 18.3. The van der Waals surface area contributed by atoms with Gasteiger partial charge in [0, 0.05) is 18.3 Å². The molecule has 6 heteroatoms. The quantitative estimate of drug-likeness (QED) is 0.804. The van der Waals surface area contributed by atoms with Gasteiger partial charge in [0.2, 0.25) is 10.0 Å². The molecule has 0 bridgehead atoms. The molecule has 1 saturated heterocycles. The third-order valence-electron chi connectivity index (χ3n) is 3.95. The van der Waals surface area contributed by atoms with Gasteiger partial charge in [0.05, 0.1) is 4.90 Å². The molecule has 112 valence electrons. The highest BCUT2D eigenvalue weighted by Crippen LogP contribution is 2.20. The van der Waals surface area contributed by atoms with E-state index in [-0.39, 0.29) is 10.9 Å². The number of benzene rings is 1. The topological polar surface area (TPSA) is 75.4 Å². The van der Waals surface area contributed by atoms with Gasteiger partial charge in [-0.05, 0) is 57.5 Å². The minimum absolute atomic E-state index is 0.216. The van der Waals surface area contributed by atoms with Gasteiger partial charge >= 0.3 is 0 Å². The van der Waals surface area contributed by atoms with Gasteiger partial charge in [0.25, 0.3) is 0 Å². The van der Waals surface area contributed by atoms with E-state index in [0.717, 1.165) is 13.1 Å². The van der Waals surface area contributed by atoms with Crippen molar-refractivity contribution < 1.29 is 8.42 Å². The van der Waals surface area contributed by atoms with Crippen molar-refractivity contribution in [2.75, 3.05) is 25.4 Å². The van der Waals surface area contributed by atoms with Gasteiger partial charge in [0.15, 0.2) is 0 Å². The lowest BCUT2D eigenvalue weighted by molar-refractivity contribution is 0.260. The molecule has 0 amide bonds. The van der Waals surface area contributed by atoms with Gasteiger partial charge in [-0.1, -0.05) is 6.07 Å². The van der Waals surface area contributed by atoms with Gasteiger partial charge < -0.3 is 5.73 Å². The molecule has 1 atom stereocenters. The summed E-state index contributed by atoms with van der Waals surface area (Å²) in [6.07, 6.45) is 2.40. The van der Waals surface area contributed by atoms with Gasteiger partial charge in [-0.25, -0.2) is 13.1 Å². The highest BCUT2D eigenvalue weighted by molar-refractivity contribution is 7.89. The van der Waals surface area contributed by atoms with E-state index in [1.807, 2.05) is 0 Å². The number of nitrogens with two attached hydrogens (primary N) is 1. The van der Waals surface area contributed by atoms with Crippen LogP contribution in [0.2, 0.25) is 0 Å². The summed E-state index contributed by atoms with van der Waals surface area (Å²) in [5.74, 6) is 0. The van der Waals surface area contributed by atoms with E-state index in [1.165, 1.54) is 12.8 Å². The van der Waals surface area contributed by atoms with Crippen molar-refractivity contribution in [2.45, 2.75) is 37.6 Å². The molecule has 1 heterocycles. The molecule has 1 aliphatic heterocycles. The molecule has 1 aliphatic rings. The van der Waals surface area contributed by atoms with Crippen molar-refractivity contribution in [3.63, 3.8) is 0 Å². The molecular formula is C14H23N3O2S. The summed E-state index contributed by atoms with van der Waals surface area (Å²) in [7, 11) is -3.49. The molecule has 3 N–H and O–H groups in total. The minimum atomic E-state index is -3.49. The van der Waals surface area contributed by atoms with E-state index >= 15 is 0 Å². The average Bonchev–Trinajstić information content (AvgIpc) is 2.93. The first-order chi connectivity index (χ1) is 9.42. The van der Waals surface area contributed by atoms with Crippen LogP contribution in [0.15, 0.2) is 23.1 Å². The fraction of sp³-hybridized carbons (Fsp3) is 0.571. The Kier molecular flexibility index (Phi) is 4.67. The molecule has 1 unspecified atom stereocenters. The number of nitrogens with one attached hydrogen (secondary N) is 1. The number of likely N-dealkylation sites (tertiary alicyclic amines) is 1. The zero-order valence-electron chi connectivity index (χ0n) is 12.1. The monoisotopic (exact) mass is 297 g/mol. The maximum Gasteiger partial charge on any atom is 0.240 e. The fourth-order valence-corrected chi connectivity index (χ4v) is 3.94. The first kappa shape index (κ1) is 15.3. The lowest BCUT2D eigenvalue weighted by Crippen LogP contribution is -2.40. The van der Waals surface area contributed by atoms with Crippen LogP contribution in [-0.4, -0.2) is 39.0 Å². The second kappa shape index (κ2) is 6.11. The maximum absolute atomic E-state index is 12.3. The largest absolute Gasteiger partial charge is 0.398 e. The lowest BCUT2D eigenvalue weighted by Gasteiger charge is -2.24. The van der Waals surface area contributed by atoms with Crippen LogP contribution < -0.4 is 10.5 Å². The van der Waals surface area contributed by atoms with E-state index in [2.05, 4.69) is 16.5 Å². The number of rotatable bonds is 5. The van der Waals surface area contributed by atoms with E-state index < -0.39 is 10.0 Å². The summed E-state index contributed by atoms with van der Waals surface area (Å²) in [6, 6.07) is 5.19. The average molecular weight is 297 g/mol. The number of nitrogen functional groups attached to an aromatic ring is 1. The zero-order chi connectivity index (χ0) is 14.8. The van der Waals surface area contributed by atoms with Gasteiger partial charge in [0.1, 0.15) is 0 Å². The first-order valence-electron chi connectivity index (χ1n) is 7.00. The Morgan fingerprint density at radius 3 is 2.65 bits per heavy atom. The number of nitrogens with zero attached hydrogens (tertiary/aromatic N) is 1. The third kappa shape index (κ3) is 3.31. The molecule has 0 aliphatic carbocycles. The van der Waals surface area contributed by atoms with E-state index in [0.29, 0.717) is 17.8 Å². The Morgan fingerprint density at radius 1 is 1.35 bits per heavy atom. The SMILES string of the molecule is Cc1c(N)cccc1S(=O)(=O)NCC(C)N1CCCC1. The third-order valence-corrected chi connectivity index (χ3v) is 5.52. The van der Waals surface area contributed by atoms with E-state index in [4.69, 9.17) is 5.73 Å². The molecule has 0 aromatic heterocycles. The van der Waals surface area contributed by atoms with Gasteiger partial charge in [-0.15, -0.1) is 0 Å². The van der Waals surface area contributed by atoms with Crippen molar-refractivity contribution >= 4 is 15.7 Å². The highest BCUT2D eigenvalue weighted by Gasteiger charge is 2.22. The number of hydrogen-bond donors (Lipinski definition) is 2. The maximum atomic E-state index is 12.3. The summed E-state index contributed by atoms with van der Waals surface area (Å²) in [5, 5.41) is 0. The molecule has 0 spiro atoms. The van der Waals surface area contributed by atoms with E-state index in [9.17, 15) is 8.42 Å². The van der Waals surface area contributed by atoms with Crippen molar-refractivity contribution in [3.05, 3.63) is 23.8 Å². The van der Waals surface area contributed by atoms with Crippen molar-refractivity contribution in [1.82, 2.24) is 9.62 Å². The van der Waals surface area contributed by atoms with Gasteiger partial charge in [-0.2, -0.15) is 0 Å². The molecular weight excluding hydrogens is 274 g/mol. The smallest absolute Gasteiger partial charge is 0.240 e. The molecule has 20 heavy (non-hydrogen) atoms. The second-order valence-corrected chi connectivity index (χ2v) is 7.15. The standard InChI is InChI=1S/C14H23N3O2S/c1-11(17-8-3-4-9-17)10-16-20(18,19)14-7-5-6-13(15)12(14)2/h5-7,11,16H,3-4,8-10,15H2,1-2H3. The summed E-state index contributed by atoms with van der Waals surface area (Å²) in [4.78, 5) is 2.58. The Morgan fingerprint density at radius 2 is 2.00 bits per heavy atom. The Balaban J connectivity index is 2.05. The molecule has 0 saturated carbocycles. The molecule has 2 rings (SSSR count). The fourth-order valence-electron chi connectivity index (χ4n) is 2.54. The first-order valence-corrected chi connectivity index (χ1v) is 8.49. The van der Waals surface area contributed by atoms with Crippen molar-refractivity contribution in [3.8, 4) is 0 Å². The second-order valence-electron chi connectivity index (χ2n) is 5.41. The molecule has 1 aromatic rings. The zero-order valence-corrected chi connectivity index (χ0v) is 12.9. The molecule has 1 aromatic carbocycles. The van der Waals surface area contributed by atoms with Crippen LogP contribution >= 0.6 is 0 Å². The summed E-state index contributed by atoms with van der Waals surface area (Å²) < 4.78 is 27.4. The Bertz CT molecular complexity index is 566. The summed E-state index contributed by atoms with van der Waals surface area (Å²) >= 11 is 0. The van der Waals surface area contributed by atoms with Gasteiger partial charge in [-0.3, -0.25) is 4.90 Å². The predicted molar refractivity (Wildman–Crippen MR) is 81.0 cm³/mol. The van der Waals surface area contributed by atoms with Crippen LogP contribution in [0, 0.1) is 6.92 Å². The number of sulfonamides is 1. The van der Waals surface area contributed by atoms with Crippen LogP contribution in [-0.2, 0) is 10.0 Å². The number of anilines is 1. The van der Waals surface area contributed by atoms with Crippen molar-refractivity contribution in [1.29, 1.82) is 0 Å². The van der Waals surface area contributed by atoms with Crippen LogP contribution in [0.1, 0.15) is 25.3 Å². The van der Waals surface area contributed by atoms with Crippen LogP contribution in [0.3, 0.4) is 0 Å².